The van der Waals surface area contributed by atoms with Gasteiger partial charge in [0.25, 0.3) is 0 Å². The highest BCUT2D eigenvalue weighted by Crippen LogP contribution is 2.40. The average molecular weight is 221 g/mol. The summed E-state index contributed by atoms with van der Waals surface area (Å²) in [6.45, 7) is 3.77. The number of ether oxygens (including phenoxy) is 2. The third-order valence-electron chi connectivity index (χ3n) is 2.44. The topological polar surface area (TPSA) is 47.6 Å². The highest BCUT2D eigenvalue weighted by molar-refractivity contribution is 5.94. The molecule has 1 heterocycles. The molecule has 0 spiro atoms. The fourth-order valence-corrected chi connectivity index (χ4v) is 1.77. The molecule has 1 aromatic carbocycles. The van der Waals surface area contributed by atoms with E-state index >= 15 is 0 Å². The monoisotopic (exact) mass is 221 g/mol. The molecule has 0 radical (unpaired) electrons. The summed E-state index contributed by atoms with van der Waals surface area (Å²) in [5.41, 5.74) is 0.138. The summed E-state index contributed by atoms with van der Waals surface area (Å²) in [5.74, 6) is 1.19. The molecule has 1 amide bonds. The van der Waals surface area contributed by atoms with E-state index in [1.165, 1.54) is 0 Å². The first-order chi connectivity index (χ1) is 7.52. The maximum atomic E-state index is 11.6. The summed E-state index contributed by atoms with van der Waals surface area (Å²) in [4.78, 5) is 11.6. The molecular formula is C12H15NO3. The molecule has 4 heteroatoms. The van der Waals surface area contributed by atoms with Gasteiger partial charge in [-0.15, -0.1) is 0 Å². The Labute approximate surface area is 94.6 Å². The zero-order valence-corrected chi connectivity index (χ0v) is 9.66. The van der Waals surface area contributed by atoms with Gasteiger partial charge >= 0.3 is 0 Å². The minimum atomic E-state index is -0.524. The summed E-state index contributed by atoms with van der Waals surface area (Å²) >= 11 is 0. The number of amides is 1. The van der Waals surface area contributed by atoms with Crippen LogP contribution in [0, 0.1) is 0 Å². The van der Waals surface area contributed by atoms with Gasteiger partial charge < -0.3 is 14.8 Å². The molecule has 0 bridgehead atoms. The Bertz CT molecular complexity index is 426. The van der Waals surface area contributed by atoms with Crippen LogP contribution >= 0.6 is 0 Å². The summed E-state index contributed by atoms with van der Waals surface area (Å²) < 4.78 is 11.0. The van der Waals surface area contributed by atoms with Gasteiger partial charge in [-0.05, 0) is 26.0 Å². The quantitative estimate of drug-likeness (QED) is 0.790. The van der Waals surface area contributed by atoms with E-state index in [-0.39, 0.29) is 5.91 Å². The van der Waals surface area contributed by atoms with Crippen molar-refractivity contribution in [1.29, 1.82) is 0 Å². The Balaban J connectivity index is 2.50. The summed E-state index contributed by atoms with van der Waals surface area (Å²) in [7, 11) is 1.58. The van der Waals surface area contributed by atoms with Gasteiger partial charge in [-0.2, -0.15) is 0 Å². The maximum absolute atomic E-state index is 11.6. The third kappa shape index (κ3) is 1.96. The van der Waals surface area contributed by atoms with E-state index in [0.717, 1.165) is 0 Å². The van der Waals surface area contributed by atoms with E-state index in [4.69, 9.17) is 9.47 Å². The van der Waals surface area contributed by atoms with Crippen molar-refractivity contribution in [3.8, 4) is 11.5 Å². The highest BCUT2D eigenvalue weighted by Gasteiger charge is 2.30. The van der Waals surface area contributed by atoms with Gasteiger partial charge in [0, 0.05) is 0 Å². The van der Waals surface area contributed by atoms with Crippen LogP contribution in [0.5, 0.6) is 11.5 Å². The zero-order chi connectivity index (χ0) is 11.8. The number of hydrogen-bond acceptors (Lipinski definition) is 3. The number of carbonyl (C=O) groups excluding carboxylic acids is 1. The van der Waals surface area contributed by atoms with Crippen molar-refractivity contribution in [2.75, 3.05) is 12.4 Å². The van der Waals surface area contributed by atoms with Gasteiger partial charge in [-0.3, -0.25) is 4.79 Å². The van der Waals surface area contributed by atoms with Crippen molar-refractivity contribution >= 4 is 11.6 Å². The average Bonchev–Trinajstić information content (AvgIpc) is 2.30. The predicted octanol–water partition coefficient (Wildman–Crippen LogP) is 2.19. The maximum Gasteiger partial charge on any atom is 0.228 e. The van der Waals surface area contributed by atoms with E-state index < -0.39 is 5.60 Å². The summed E-state index contributed by atoms with van der Waals surface area (Å²) in [5, 5.41) is 2.81. The second-order valence-corrected chi connectivity index (χ2v) is 4.42. The lowest BCUT2D eigenvalue weighted by Crippen LogP contribution is -2.30. The highest BCUT2D eigenvalue weighted by atomic mass is 16.5. The molecule has 1 aliphatic rings. The first-order valence-corrected chi connectivity index (χ1v) is 5.18. The fourth-order valence-electron chi connectivity index (χ4n) is 1.77. The number of hydrogen-bond donors (Lipinski definition) is 1. The van der Waals surface area contributed by atoms with Crippen molar-refractivity contribution < 1.29 is 14.3 Å². The van der Waals surface area contributed by atoms with Gasteiger partial charge in [0.05, 0.1) is 19.2 Å². The predicted molar refractivity (Wildman–Crippen MR) is 60.9 cm³/mol. The Kier molecular flexibility index (Phi) is 2.50. The standard InChI is InChI=1S/C12H15NO3/c1-12(2)7-10(14)13-8-5-4-6-9(15-3)11(8)16-12/h4-6H,7H2,1-3H3,(H,13,14). The van der Waals surface area contributed by atoms with Gasteiger partial charge in [0.2, 0.25) is 5.91 Å². The van der Waals surface area contributed by atoms with E-state index in [1.807, 2.05) is 26.0 Å². The van der Waals surface area contributed by atoms with Crippen LogP contribution in [0.25, 0.3) is 0 Å². The Morgan fingerprint density at radius 1 is 1.44 bits per heavy atom. The second kappa shape index (κ2) is 3.70. The molecule has 0 aromatic heterocycles. The van der Waals surface area contributed by atoms with E-state index in [9.17, 15) is 4.79 Å². The van der Waals surface area contributed by atoms with Crippen molar-refractivity contribution in [3.05, 3.63) is 18.2 Å². The number of fused-ring (bicyclic) bond motifs is 1. The molecule has 0 fully saturated rings. The van der Waals surface area contributed by atoms with Crippen molar-refractivity contribution in [2.45, 2.75) is 25.9 Å². The van der Waals surface area contributed by atoms with Gasteiger partial charge in [0.1, 0.15) is 5.60 Å². The number of nitrogens with one attached hydrogen (secondary N) is 1. The number of para-hydroxylation sites is 1. The Hall–Kier alpha value is -1.71. The lowest BCUT2D eigenvalue weighted by Gasteiger charge is -2.24. The number of carbonyl (C=O) groups is 1. The molecule has 0 atom stereocenters. The van der Waals surface area contributed by atoms with Gasteiger partial charge in [-0.25, -0.2) is 0 Å². The number of anilines is 1. The minimum Gasteiger partial charge on any atom is -0.493 e. The van der Waals surface area contributed by atoms with Gasteiger partial charge in [-0.1, -0.05) is 6.07 Å². The van der Waals surface area contributed by atoms with Crippen LogP contribution in [0.4, 0.5) is 5.69 Å². The molecule has 4 nitrogen and oxygen atoms in total. The first kappa shape index (κ1) is 10.8. The number of rotatable bonds is 1. The van der Waals surface area contributed by atoms with Crippen LogP contribution in [0.3, 0.4) is 0 Å². The SMILES string of the molecule is COc1cccc2c1OC(C)(C)CC(=O)N2. The normalized spacial score (nSPS) is 17.8. The van der Waals surface area contributed by atoms with E-state index in [1.54, 1.807) is 13.2 Å². The first-order valence-electron chi connectivity index (χ1n) is 5.18. The molecule has 0 saturated heterocycles. The molecule has 2 rings (SSSR count). The van der Waals surface area contributed by atoms with Crippen LogP contribution < -0.4 is 14.8 Å². The van der Waals surface area contributed by atoms with Crippen LogP contribution in [-0.4, -0.2) is 18.6 Å². The van der Waals surface area contributed by atoms with E-state index in [0.29, 0.717) is 23.6 Å². The Morgan fingerprint density at radius 3 is 2.88 bits per heavy atom. The summed E-state index contributed by atoms with van der Waals surface area (Å²) in [6, 6.07) is 5.43. The smallest absolute Gasteiger partial charge is 0.228 e. The number of benzene rings is 1. The molecule has 1 aromatic rings. The van der Waals surface area contributed by atoms with Gasteiger partial charge in [0.15, 0.2) is 11.5 Å². The second-order valence-electron chi connectivity index (χ2n) is 4.42. The lowest BCUT2D eigenvalue weighted by atomic mass is 10.1. The molecule has 0 saturated carbocycles. The minimum absolute atomic E-state index is 0.0444. The molecule has 16 heavy (non-hydrogen) atoms. The molecular weight excluding hydrogens is 206 g/mol. The van der Waals surface area contributed by atoms with Crippen molar-refractivity contribution in [3.63, 3.8) is 0 Å². The lowest BCUT2D eigenvalue weighted by molar-refractivity contribution is -0.118. The van der Waals surface area contributed by atoms with E-state index in [2.05, 4.69) is 5.32 Å². The molecule has 0 unspecified atom stereocenters. The van der Waals surface area contributed by atoms with Crippen LogP contribution in [0.1, 0.15) is 20.3 Å². The molecule has 0 aliphatic carbocycles. The van der Waals surface area contributed by atoms with Crippen molar-refractivity contribution in [1.82, 2.24) is 0 Å². The van der Waals surface area contributed by atoms with Crippen molar-refractivity contribution in [2.24, 2.45) is 0 Å². The molecule has 1 N–H and O–H groups in total. The molecule has 86 valence electrons. The third-order valence-corrected chi connectivity index (χ3v) is 2.44. The summed E-state index contributed by atoms with van der Waals surface area (Å²) in [6.07, 6.45) is 0.324. The molecule has 1 aliphatic heterocycles. The van der Waals surface area contributed by atoms with Crippen LogP contribution in [-0.2, 0) is 4.79 Å². The Morgan fingerprint density at radius 2 is 2.19 bits per heavy atom. The number of methoxy groups -OCH3 is 1. The zero-order valence-electron chi connectivity index (χ0n) is 9.66. The fraction of sp³-hybridized carbons (Fsp3) is 0.417. The largest absolute Gasteiger partial charge is 0.493 e. The van der Waals surface area contributed by atoms with Crippen LogP contribution in [0.15, 0.2) is 18.2 Å². The van der Waals surface area contributed by atoms with Crippen LogP contribution in [0.2, 0.25) is 0 Å².